The highest BCUT2D eigenvalue weighted by Crippen LogP contribution is 2.39. The van der Waals surface area contributed by atoms with E-state index >= 15 is 0 Å². The number of amides is 1. The number of aryl methyl sites for hydroxylation is 1. The second-order valence-corrected chi connectivity index (χ2v) is 14.0. The second-order valence-electron chi connectivity index (χ2n) is 8.56. The maximum Gasteiger partial charge on any atom is 0.429 e. The number of thiazole rings is 1. The molecule has 17 nitrogen and oxygen atoms in total. The number of aromatic nitrogens is 4. The van der Waals surface area contributed by atoms with Crippen molar-refractivity contribution >= 4 is 82.8 Å². The van der Waals surface area contributed by atoms with Crippen molar-refractivity contribution in [2.24, 2.45) is 12.2 Å². The third-order valence-corrected chi connectivity index (χ3v) is 10.1. The number of nitrogens with one attached hydrogen (secondary N) is 3. The first-order chi connectivity index (χ1) is 20.8. The number of thioether (sulfide) groups is 2. The standard InChI is InChI=1S/C22H23N8O9PS4/c1-3-39-27-14(16-26-21(44-29-16)28-40(36,37)38)17(31)24-15(20(34)35)18-25-13(19(32)33)12(9-41-18)43-22-23-11(8-42-22)10-4-6-30(2)7-5-10/h4-8,15,18,25H,3,9H2,1-2H3,(H5-,24,26,28,29,31,32,33,34,35,36,37,38)/p+1/b27-14-/t15-,18+/m0/s1. The van der Waals surface area contributed by atoms with Crippen LogP contribution in [0.5, 0.6) is 0 Å². The number of nitrogens with zero attached hydrogens (tertiary/aromatic N) is 5. The predicted molar refractivity (Wildman–Crippen MR) is 162 cm³/mol. The molecule has 0 saturated carbocycles. The van der Waals surface area contributed by atoms with Gasteiger partial charge in [0.05, 0.1) is 5.69 Å². The molecule has 1 aliphatic heterocycles. The van der Waals surface area contributed by atoms with E-state index in [0.29, 0.717) is 20.8 Å². The molecule has 0 bridgehead atoms. The quantitative estimate of drug-likeness (QED) is 0.0569. The molecule has 3 aromatic heterocycles. The fraction of sp³-hybridized carbons (Fsp3) is 0.273. The van der Waals surface area contributed by atoms with Gasteiger partial charge in [0, 0.05) is 45.3 Å². The lowest BCUT2D eigenvalue weighted by atomic mass is 10.2. The van der Waals surface area contributed by atoms with Crippen molar-refractivity contribution < 1.29 is 48.4 Å². The van der Waals surface area contributed by atoms with E-state index in [4.69, 9.17) is 14.6 Å². The highest BCUT2D eigenvalue weighted by Gasteiger charge is 2.37. The molecular weight excluding hydrogens is 680 g/mol. The molecule has 0 aromatic carbocycles. The van der Waals surface area contributed by atoms with Gasteiger partial charge in [-0.05, 0) is 6.92 Å². The summed E-state index contributed by atoms with van der Waals surface area (Å²) in [5.74, 6) is -4.17. The molecular formula is C22H24N8O9PS4+. The topological polar surface area (TPSA) is 249 Å². The van der Waals surface area contributed by atoms with E-state index in [-0.39, 0.29) is 29.0 Å². The molecule has 0 saturated heterocycles. The fourth-order valence-electron chi connectivity index (χ4n) is 3.44. The minimum atomic E-state index is -4.72. The predicted octanol–water partition coefficient (Wildman–Crippen LogP) is 1.05. The van der Waals surface area contributed by atoms with E-state index in [1.54, 1.807) is 6.92 Å². The molecule has 1 amide bonds. The Morgan fingerprint density at radius 3 is 2.64 bits per heavy atom. The normalized spacial score (nSPS) is 16.2. The molecule has 4 rings (SSSR count). The minimum Gasteiger partial charge on any atom is -0.480 e. The van der Waals surface area contributed by atoms with Gasteiger partial charge in [0.2, 0.25) is 16.7 Å². The lowest BCUT2D eigenvalue weighted by Crippen LogP contribution is -2.55. The summed E-state index contributed by atoms with van der Waals surface area (Å²) >= 11 is 4.06. The molecule has 0 aliphatic carbocycles. The summed E-state index contributed by atoms with van der Waals surface area (Å²) in [5.41, 5.74) is 0.817. The van der Waals surface area contributed by atoms with Crippen molar-refractivity contribution in [2.75, 3.05) is 17.4 Å². The zero-order valence-electron chi connectivity index (χ0n) is 22.6. The van der Waals surface area contributed by atoms with Gasteiger partial charge in [0.15, 0.2) is 22.8 Å². The number of hydrogen-bond donors (Lipinski definition) is 7. The molecule has 0 fully saturated rings. The summed E-state index contributed by atoms with van der Waals surface area (Å²) in [6, 6.07) is 2.15. The molecule has 7 N–H and O–H groups in total. The monoisotopic (exact) mass is 703 g/mol. The Kier molecular flexibility index (Phi) is 10.9. The van der Waals surface area contributed by atoms with Crippen LogP contribution in [0, 0.1) is 0 Å². The van der Waals surface area contributed by atoms with Gasteiger partial charge < -0.3 is 35.5 Å². The number of carboxylic acid groups (broad SMARTS) is 2. The summed E-state index contributed by atoms with van der Waals surface area (Å²) < 4.78 is 17.5. The summed E-state index contributed by atoms with van der Waals surface area (Å²) in [6.07, 6.45) is 3.76. The van der Waals surface area contributed by atoms with Crippen LogP contribution in [-0.4, -0.2) is 81.7 Å². The van der Waals surface area contributed by atoms with Crippen molar-refractivity contribution in [2.45, 2.75) is 22.7 Å². The zero-order chi connectivity index (χ0) is 32.0. The van der Waals surface area contributed by atoms with Gasteiger partial charge in [-0.1, -0.05) is 16.9 Å². The largest absolute Gasteiger partial charge is 0.480 e. The van der Waals surface area contributed by atoms with Crippen molar-refractivity contribution in [1.82, 2.24) is 25.0 Å². The number of pyridine rings is 1. The van der Waals surface area contributed by atoms with Crippen LogP contribution in [0.1, 0.15) is 12.7 Å². The summed E-state index contributed by atoms with van der Waals surface area (Å²) in [7, 11) is -2.83. The molecule has 22 heteroatoms. The number of oxime groups is 1. The molecule has 234 valence electrons. The van der Waals surface area contributed by atoms with Crippen LogP contribution in [0.15, 0.2) is 50.0 Å². The van der Waals surface area contributed by atoms with Crippen LogP contribution in [0.2, 0.25) is 0 Å². The first-order valence-corrected chi connectivity index (χ1v) is 17.3. The van der Waals surface area contributed by atoms with Crippen molar-refractivity contribution in [3.05, 3.63) is 46.3 Å². The SMILES string of the molecule is CCO/N=C(\C(=O)N[C@H](C(=O)O)[C@@H]1NC(C(=O)O)=C(Sc2nc(-c3cc[n+](C)cc3)cs2)CS1)c1nsc(NP(=O)(O)O)n1. The molecule has 0 radical (unpaired) electrons. The van der Waals surface area contributed by atoms with Gasteiger partial charge in [0.25, 0.3) is 5.91 Å². The highest BCUT2D eigenvalue weighted by atomic mass is 32.2. The Morgan fingerprint density at radius 1 is 1.27 bits per heavy atom. The van der Waals surface area contributed by atoms with Crippen LogP contribution in [0.25, 0.3) is 11.3 Å². The number of carbonyl (C=O) groups excluding carboxylic acids is 1. The first-order valence-electron chi connectivity index (χ1n) is 12.2. The number of aliphatic carboxylic acids is 2. The fourth-order valence-corrected chi connectivity index (χ4v) is 7.97. The van der Waals surface area contributed by atoms with Gasteiger partial charge in [-0.2, -0.15) is 9.36 Å². The summed E-state index contributed by atoms with van der Waals surface area (Å²) in [6.45, 7) is 1.59. The van der Waals surface area contributed by atoms with Crippen molar-refractivity contribution in [3.8, 4) is 11.3 Å². The first kappa shape index (κ1) is 33.3. The van der Waals surface area contributed by atoms with Crippen LogP contribution in [0.3, 0.4) is 0 Å². The Labute approximate surface area is 265 Å². The third-order valence-electron chi connectivity index (χ3n) is 5.38. The number of anilines is 1. The Bertz CT molecular complexity index is 1660. The van der Waals surface area contributed by atoms with Crippen LogP contribution in [-0.2, 0) is 30.8 Å². The number of rotatable bonds is 13. The highest BCUT2D eigenvalue weighted by molar-refractivity contribution is 8.07. The van der Waals surface area contributed by atoms with Gasteiger partial charge in [-0.15, -0.1) is 23.1 Å². The molecule has 44 heavy (non-hydrogen) atoms. The Balaban J connectivity index is 1.51. The van der Waals surface area contributed by atoms with Gasteiger partial charge in [-0.3, -0.25) is 9.88 Å². The molecule has 1 aliphatic rings. The third kappa shape index (κ3) is 8.74. The van der Waals surface area contributed by atoms with E-state index in [9.17, 15) is 29.2 Å². The molecule has 0 unspecified atom stereocenters. The zero-order valence-corrected chi connectivity index (χ0v) is 26.8. The molecule has 0 spiro atoms. The van der Waals surface area contributed by atoms with Crippen LogP contribution >= 0.6 is 54.1 Å². The minimum absolute atomic E-state index is 0.0226. The maximum absolute atomic E-state index is 13.1. The summed E-state index contributed by atoms with van der Waals surface area (Å²) in [5, 5.41) is 30.7. The smallest absolute Gasteiger partial charge is 0.429 e. The van der Waals surface area contributed by atoms with Gasteiger partial charge in [0.1, 0.15) is 24.7 Å². The van der Waals surface area contributed by atoms with Crippen molar-refractivity contribution in [1.29, 1.82) is 0 Å². The Morgan fingerprint density at radius 2 is 2.00 bits per heavy atom. The number of carbonyl (C=O) groups is 3. The molecule has 2 atom stereocenters. The molecule has 3 aromatic rings. The maximum atomic E-state index is 13.1. The van der Waals surface area contributed by atoms with Crippen LogP contribution < -0.4 is 20.3 Å². The van der Waals surface area contributed by atoms with E-state index in [2.05, 4.69) is 30.1 Å². The second kappa shape index (κ2) is 14.5. The van der Waals surface area contributed by atoms with Crippen LogP contribution in [0.4, 0.5) is 5.13 Å². The van der Waals surface area contributed by atoms with Gasteiger partial charge in [-0.25, -0.2) is 23.7 Å². The average molecular weight is 704 g/mol. The Hall–Kier alpha value is -3.59. The van der Waals surface area contributed by atoms with E-state index in [1.165, 1.54) is 11.3 Å². The van der Waals surface area contributed by atoms with Crippen molar-refractivity contribution in [3.63, 3.8) is 0 Å². The van der Waals surface area contributed by atoms with E-state index in [0.717, 1.165) is 34.8 Å². The average Bonchev–Trinajstić information content (AvgIpc) is 3.61. The lowest BCUT2D eigenvalue weighted by molar-refractivity contribution is -0.671. The number of hydrogen-bond acceptors (Lipinski definition) is 14. The lowest BCUT2D eigenvalue weighted by Gasteiger charge is -2.31. The molecule has 4 heterocycles. The van der Waals surface area contributed by atoms with E-state index < -0.39 is 42.7 Å². The number of carboxylic acids is 2. The van der Waals surface area contributed by atoms with Gasteiger partial charge >= 0.3 is 19.7 Å². The van der Waals surface area contributed by atoms with E-state index in [1.807, 2.05) is 46.6 Å². The summed E-state index contributed by atoms with van der Waals surface area (Å²) in [4.78, 5) is 69.5.